The van der Waals surface area contributed by atoms with Crippen molar-refractivity contribution in [1.29, 1.82) is 0 Å². The number of thioether (sulfide) groups is 1. The molecule has 2 aromatic carbocycles. The molecule has 0 N–H and O–H groups in total. The minimum Gasteiger partial charge on any atom is -0.486 e. The second-order valence-corrected chi connectivity index (χ2v) is 7.06. The summed E-state index contributed by atoms with van der Waals surface area (Å²) in [6.45, 7) is 3.22. The van der Waals surface area contributed by atoms with Crippen LogP contribution in [0.25, 0.3) is 0 Å². The van der Waals surface area contributed by atoms with Crippen LogP contribution in [0.5, 0.6) is 5.75 Å². The summed E-state index contributed by atoms with van der Waals surface area (Å²) in [5.41, 5.74) is 1.02. The Morgan fingerprint density at radius 3 is 2.60 bits per heavy atom. The van der Waals surface area contributed by atoms with Crippen molar-refractivity contribution in [3.63, 3.8) is 0 Å². The van der Waals surface area contributed by atoms with Gasteiger partial charge in [-0.05, 0) is 36.8 Å². The molecule has 1 heterocycles. The average Bonchev–Trinajstić information content (AvgIpc) is 3.02. The highest BCUT2D eigenvalue weighted by atomic mass is 35.5. The number of rotatable bonds is 7. The lowest BCUT2D eigenvalue weighted by molar-refractivity contribution is 0.288. The van der Waals surface area contributed by atoms with Crippen molar-refractivity contribution in [3.8, 4) is 5.75 Å². The summed E-state index contributed by atoms with van der Waals surface area (Å²) >= 11 is 13.8. The van der Waals surface area contributed by atoms with Gasteiger partial charge in [0.25, 0.3) is 0 Å². The van der Waals surface area contributed by atoms with Crippen LogP contribution in [0.15, 0.2) is 53.7 Å². The molecule has 3 rings (SSSR count). The summed E-state index contributed by atoms with van der Waals surface area (Å²) in [6, 6.07) is 15.2. The van der Waals surface area contributed by atoms with Gasteiger partial charge in [-0.3, -0.25) is 0 Å². The van der Waals surface area contributed by atoms with E-state index >= 15 is 0 Å². The van der Waals surface area contributed by atoms with E-state index in [9.17, 15) is 0 Å². The molecule has 0 atom stereocenters. The summed E-state index contributed by atoms with van der Waals surface area (Å²) in [5, 5.41) is 10.7. The van der Waals surface area contributed by atoms with E-state index in [0.29, 0.717) is 22.4 Å². The van der Waals surface area contributed by atoms with Crippen LogP contribution >= 0.6 is 35.0 Å². The lowest BCUT2D eigenvalue weighted by Crippen LogP contribution is -2.07. The molecule has 4 nitrogen and oxygen atoms in total. The van der Waals surface area contributed by atoms with Crippen molar-refractivity contribution in [2.24, 2.45) is 0 Å². The minimum atomic E-state index is 0.382. The molecule has 1 aromatic heterocycles. The van der Waals surface area contributed by atoms with E-state index in [-0.39, 0.29) is 0 Å². The molecule has 25 heavy (non-hydrogen) atoms. The zero-order valence-electron chi connectivity index (χ0n) is 13.7. The quantitative estimate of drug-likeness (QED) is 0.498. The molecule has 0 fully saturated rings. The van der Waals surface area contributed by atoms with Crippen LogP contribution in [-0.4, -0.2) is 14.8 Å². The molecule has 0 bridgehead atoms. The zero-order chi connectivity index (χ0) is 17.6. The highest BCUT2D eigenvalue weighted by molar-refractivity contribution is 7.98. The van der Waals surface area contributed by atoms with Gasteiger partial charge in [-0.2, -0.15) is 0 Å². The van der Waals surface area contributed by atoms with Crippen LogP contribution in [0, 0.1) is 0 Å². The average molecular weight is 394 g/mol. The number of ether oxygens (including phenoxy) is 1. The largest absolute Gasteiger partial charge is 0.486 e. The molecule has 7 heteroatoms. The molecule has 0 radical (unpaired) electrons. The number of nitrogens with zero attached hydrogens (tertiary/aromatic N) is 3. The third kappa shape index (κ3) is 4.69. The van der Waals surface area contributed by atoms with Gasteiger partial charge in [0, 0.05) is 22.3 Å². The molecular weight excluding hydrogens is 377 g/mol. The first-order valence-corrected chi connectivity index (χ1v) is 9.58. The van der Waals surface area contributed by atoms with Crippen molar-refractivity contribution in [2.75, 3.05) is 0 Å². The summed E-state index contributed by atoms with van der Waals surface area (Å²) in [5.74, 6) is 2.32. The number of benzene rings is 2. The number of aromatic nitrogens is 3. The van der Waals surface area contributed by atoms with Gasteiger partial charge in [-0.15, -0.1) is 10.2 Å². The molecule has 0 aliphatic carbocycles. The maximum Gasteiger partial charge on any atom is 0.191 e. The number of para-hydroxylation sites is 1. The van der Waals surface area contributed by atoms with Crippen LogP contribution in [0.2, 0.25) is 10.0 Å². The fraction of sp³-hybridized carbons (Fsp3) is 0.222. The van der Waals surface area contributed by atoms with Gasteiger partial charge in [0.15, 0.2) is 11.0 Å². The van der Waals surface area contributed by atoms with E-state index < -0.39 is 0 Å². The van der Waals surface area contributed by atoms with Gasteiger partial charge >= 0.3 is 0 Å². The first kappa shape index (κ1) is 18.1. The van der Waals surface area contributed by atoms with E-state index in [2.05, 4.69) is 21.7 Å². The predicted molar refractivity (Wildman–Crippen MR) is 102 cm³/mol. The first-order valence-electron chi connectivity index (χ1n) is 7.84. The lowest BCUT2D eigenvalue weighted by atomic mass is 10.2. The Kier molecular flexibility index (Phi) is 6.24. The molecule has 0 unspecified atom stereocenters. The van der Waals surface area contributed by atoms with Crippen LogP contribution in [0.3, 0.4) is 0 Å². The van der Waals surface area contributed by atoms with Crippen LogP contribution < -0.4 is 4.74 Å². The molecule has 130 valence electrons. The first-order chi connectivity index (χ1) is 12.2. The van der Waals surface area contributed by atoms with Crippen molar-refractivity contribution >= 4 is 35.0 Å². The molecular formula is C18H17Cl2N3OS. The Labute approximate surface area is 161 Å². The van der Waals surface area contributed by atoms with Gasteiger partial charge < -0.3 is 9.30 Å². The van der Waals surface area contributed by atoms with Crippen molar-refractivity contribution in [1.82, 2.24) is 14.8 Å². The van der Waals surface area contributed by atoms with E-state index in [1.165, 1.54) is 0 Å². The molecule has 0 amide bonds. The Bertz CT molecular complexity index is 840. The summed E-state index contributed by atoms with van der Waals surface area (Å²) in [6.07, 6.45) is 0. The van der Waals surface area contributed by atoms with Crippen molar-refractivity contribution in [2.45, 2.75) is 31.0 Å². The standard InChI is InChI=1S/C18H17Cl2N3OS/c1-2-23-17(11-24-15-6-4-3-5-7-15)21-22-18(23)25-12-13-8-9-14(19)10-16(13)20/h3-10H,2,11-12H2,1H3. The number of halogens is 2. The van der Waals surface area contributed by atoms with Gasteiger partial charge in [-0.1, -0.05) is 59.2 Å². The topological polar surface area (TPSA) is 39.9 Å². The second kappa shape index (κ2) is 8.61. The Morgan fingerprint density at radius 2 is 1.88 bits per heavy atom. The molecule has 0 saturated heterocycles. The molecule has 0 aliphatic rings. The SMILES string of the molecule is CCn1c(COc2ccccc2)nnc1SCc1ccc(Cl)cc1Cl. The van der Waals surface area contributed by atoms with Crippen LogP contribution in [0.4, 0.5) is 0 Å². The zero-order valence-corrected chi connectivity index (χ0v) is 16.0. The smallest absolute Gasteiger partial charge is 0.191 e. The molecule has 0 aliphatic heterocycles. The Hall–Kier alpha value is -1.69. The van der Waals surface area contributed by atoms with E-state index in [0.717, 1.165) is 28.8 Å². The third-order valence-electron chi connectivity index (χ3n) is 3.59. The van der Waals surface area contributed by atoms with Gasteiger partial charge in [-0.25, -0.2) is 0 Å². The normalized spacial score (nSPS) is 10.8. The summed E-state index contributed by atoms with van der Waals surface area (Å²) < 4.78 is 7.83. The van der Waals surface area contributed by atoms with Crippen LogP contribution in [0.1, 0.15) is 18.3 Å². The summed E-state index contributed by atoms with van der Waals surface area (Å²) in [4.78, 5) is 0. The third-order valence-corrected chi connectivity index (χ3v) is 5.20. The highest BCUT2D eigenvalue weighted by Gasteiger charge is 2.13. The maximum atomic E-state index is 6.23. The second-order valence-electron chi connectivity index (χ2n) is 5.27. The number of hydrogen-bond donors (Lipinski definition) is 0. The number of hydrogen-bond acceptors (Lipinski definition) is 4. The fourth-order valence-electron chi connectivity index (χ4n) is 2.30. The van der Waals surface area contributed by atoms with Gasteiger partial charge in [0.05, 0.1) is 0 Å². The summed E-state index contributed by atoms with van der Waals surface area (Å²) in [7, 11) is 0. The van der Waals surface area contributed by atoms with E-state index in [1.807, 2.05) is 42.5 Å². The fourth-order valence-corrected chi connectivity index (χ4v) is 3.88. The van der Waals surface area contributed by atoms with E-state index in [4.69, 9.17) is 27.9 Å². The molecule has 0 spiro atoms. The molecule has 3 aromatic rings. The lowest BCUT2D eigenvalue weighted by Gasteiger charge is -2.09. The monoisotopic (exact) mass is 393 g/mol. The Morgan fingerprint density at radius 1 is 1.08 bits per heavy atom. The Balaban J connectivity index is 1.67. The minimum absolute atomic E-state index is 0.382. The maximum absolute atomic E-state index is 6.23. The predicted octanol–water partition coefficient (Wildman–Crippen LogP) is 5.48. The highest BCUT2D eigenvalue weighted by Crippen LogP contribution is 2.28. The van der Waals surface area contributed by atoms with Crippen molar-refractivity contribution in [3.05, 3.63) is 70.0 Å². The van der Waals surface area contributed by atoms with Gasteiger partial charge in [0.1, 0.15) is 12.4 Å². The van der Waals surface area contributed by atoms with Crippen molar-refractivity contribution < 1.29 is 4.74 Å². The van der Waals surface area contributed by atoms with E-state index in [1.54, 1.807) is 17.8 Å². The van der Waals surface area contributed by atoms with Gasteiger partial charge in [0.2, 0.25) is 0 Å². The van der Waals surface area contributed by atoms with Crippen LogP contribution in [-0.2, 0) is 18.9 Å². The molecule has 0 saturated carbocycles.